The summed E-state index contributed by atoms with van der Waals surface area (Å²) in [5, 5.41) is 11.7. The van der Waals surface area contributed by atoms with Crippen molar-refractivity contribution < 1.29 is 18.0 Å². The molecule has 1 aromatic rings. The molecule has 0 saturated carbocycles. The van der Waals surface area contributed by atoms with Crippen molar-refractivity contribution in [1.82, 2.24) is 25.6 Å². The lowest BCUT2D eigenvalue weighted by molar-refractivity contribution is -0.128. The maximum atomic E-state index is 11.7. The van der Waals surface area contributed by atoms with E-state index < -0.39 is 18.6 Å². The van der Waals surface area contributed by atoms with E-state index >= 15 is 0 Å². The summed E-state index contributed by atoms with van der Waals surface area (Å²) in [5.41, 5.74) is 0. The largest absolute Gasteiger partial charge is 0.401 e. The van der Waals surface area contributed by atoms with E-state index in [1.165, 1.54) is 10.9 Å². The smallest absolute Gasteiger partial charge is 0.353 e. The lowest BCUT2D eigenvalue weighted by atomic mass is 10.5. The zero-order valence-electron chi connectivity index (χ0n) is 8.87. The van der Waals surface area contributed by atoms with Gasteiger partial charge in [0.15, 0.2) is 0 Å². The number of carbonyl (C=O) groups is 1. The molecule has 0 aliphatic carbocycles. The SMILES string of the molecule is O=C(CNCC(F)(F)F)NCCn1ccnn1. The Morgan fingerprint density at radius 3 is 2.76 bits per heavy atom. The van der Waals surface area contributed by atoms with Gasteiger partial charge in [-0.25, -0.2) is 0 Å². The minimum Gasteiger partial charge on any atom is -0.353 e. The molecule has 0 radical (unpaired) electrons. The molecule has 1 heterocycles. The zero-order chi connectivity index (χ0) is 12.7. The van der Waals surface area contributed by atoms with Crippen LogP contribution >= 0.6 is 0 Å². The third kappa shape index (κ3) is 6.51. The van der Waals surface area contributed by atoms with Crippen molar-refractivity contribution in [2.75, 3.05) is 19.6 Å². The Labute approximate surface area is 95.2 Å². The number of carbonyl (C=O) groups excluding carboxylic acids is 1. The lowest BCUT2D eigenvalue weighted by Gasteiger charge is -2.08. The van der Waals surface area contributed by atoms with Gasteiger partial charge >= 0.3 is 6.18 Å². The molecular weight excluding hydrogens is 239 g/mol. The number of halogens is 3. The van der Waals surface area contributed by atoms with Gasteiger partial charge in [-0.05, 0) is 0 Å². The number of rotatable bonds is 6. The Balaban J connectivity index is 2.05. The van der Waals surface area contributed by atoms with Gasteiger partial charge in [0.2, 0.25) is 5.91 Å². The van der Waals surface area contributed by atoms with Crippen molar-refractivity contribution in [3.63, 3.8) is 0 Å². The van der Waals surface area contributed by atoms with Crippen LogP contribution in [0.15, 0.2) is 12.4 Å². The van der Waals surface area contributed by atoms with E-state index in [-0.39, 0.29) is 13.1 Å². The highest BCUT2D eigenvalue weighted by Crippen LogP contribution is 2.11. The molecule has 17 heavy (non-hydrogen) atoms. The second-order valence-electron chi connectivity index (χ2n) is 3.23. The Morgan fingerprint density at radius 1 is 1.41 bits per heavy atom. The molecule has 0 aliphatic heterocycles. The first-order valence-corrected chi connectivity index (χ1v) is 4.85. The van der Waals surface area contributed by atoms with E-state index in [2.05, 4.69) is 15.6 Å². The molecule has 0 saturated heterocycles. The fourth-order valence-corrected chi connectivity index (χ4v) is 1.04. The maximum absolute atomic E-state index is 11.7. The fraction of sp³-hybridized carbons (Fsp3) is 0.625. The minimum absolute atomic E-state index is 0.288. The van der Waals surface area contributed by atoms with Crippen LogP contribution in [-0.2, 0) is 11.3 Å². The minimum atomic E-state index is -4.30. The lowest BCUT2D eigenvalue weighted by Crippen LogP contribution is -2.39. The van der Waals surface area contributed by atoms with E-state index in [0.717, 1.165) is 0 Å². The van der Waals surface area contributed by atoms with E-state index in [1.807, 2.05) is 5.32 Å². The second-order valence-corrected chi connectivity index (χ2v) is 3.23. The number of aromatic nitrogens is 3. The summed E-state index contributed by atoms with van der Waals surface area (Å²) in [5.74, 6) is -0.491. The monoisotopic (exact) mass is 251 g/mol. The molecule has 0 unspecified atom stereocenters. The van der Waals surface area contributed by atoms with E-state index in [1.54, 1.807) is 6.20 Å². The van der Waals surface area contributed by atoms with Crippen LogP contribution in [0.2, 0.25) is 0 Å². The molecule has 1 rings (SSSR count). The topological polar surface area (TPSA) is 71.8 Å². The normalized spacial score (nSPS) is 11.5. The Kier molecular flexibility index (Phi) is 4.88. The van der Waals surface area contributed by atoms with Gasteiger partial charge in [-0.3, -0.25) is 9.48 Å². The Morgan fingerprint density at radius 2 is 2.18 bits per heavy atom. The third-order valence-corrected chi connectivity index (χ3v) is 1.75. The number of hydrogen-bond donors (Lipinski definition) is 2. The number of alkyl halides is 3. The predicted molar refractivity (Wildman–Crippen MR) is 52.0 cm³/mol. The van der Waals surface area contributed by atoms with Crippen LogP contribution in [0.1, 0.15) is 0 Å². The van der Waals surface area contributed by atoms with E-state index in [0.29, 0.717) is 6.54 Å². The molecule has 1 aromatic heterocycles. The highest BCUT2D eigenvalue weighted by Gasteiger charge is 2.26. The van der Waals surface area contributed by atoms with Crippen LogP contribution in [0, 0.1) is 0 Å². The van der Waals surface area contributed by atoms with Gasteiger partial charge in [-0.15, -0.1) is 5.10 Å². The molecule has 0 bridgehead atoms. The van der Waals surface area contributed by atoms with Crippen molar-refractivity contribution in [1.29, 1.82) is 0 Å². The first kappa shape index (κ1) is 13.4. The highest BCUT2D eigenvalue weighted by atomic mass is 19.4. The molecule has 0 fully saturated rings. The van der Waals surface area contributed by atoms with Gasteiger partial charge in [0.25, 0.3) is 0 Å². The average molecular weight is 251 g/mol. The molecule has 9 heteroatoms. The second kappa shape index (κ2) is 6.18. The molecule has 6 nitrogen and oxygen atoms in total. The van der Waals surface area contributed by atoms with Crippen molar-refractivity contribution in [2.45, 2.75) is 12.7 Å². The Bertz CT molecular complexity index is 337. The van der Waals surface area contributed by atoms with Crippen LogP contribution < -0.4 is 10.6 Å². The van der Waals surface area contributed by atoms with Crippen LogP contribution in [0.3, 0.4) is 0 Å². The van der Waals surface area contributed by atoms with Gasteiger partial charge in [-0.2, -0.15) is 13.2 Å². The summed E-state index contributed by atoms with van der Waals surface area (Å²) in [6, 6.07) is 0. The van der Waals surface area contributed by atoms with Crippen LogP contribution in [0.5, 0.6) is 0 Å². The number of nitrogens with zero attached hydrogens (tertiary/aromatic N) is 3. The van der Waals surface area contributed by atoms with Crippen molar-refractivity contribution in [2.24, 2.45) is 0 Å². The first-order chi connectivity index (χ1) is 7.97. The van der Waals surface area contributed by atoms with Gasteiger partial charge < -0.3 is 10.6 Å². The summed E-state index contributed by atoms with van der Waals surface area (Å²) < 4.78 is 36.7. The van der Waals surface area contributed by atoms with Gasteiger partial charge in [0.05, 0.1) is 25.8 Å². The van der Waals surface area contributed by atoms with E-state index in [4.69, 9.17) is 0 Å². The molecule has 0 aliphatic rings. The van der Waals surface area contributed by atoms with Crippen LogP contribution in [0.25, 0.3) is 0 Å². The van der Waals surface area contributed by atoms with Crippen molar-refractivity contribution in [3.05, 3.63) is 12.4 Å². The van der Waals surface area contributed by atoms with Gasteiger partial charge in [0, 0.05) is 12.7 Å². The highest BCUT2D eigenvalue weighted by molar-refractivity contribution is 5.77. The summed E-state index contributed by atoms with van der Waals surface area (Å²) in [4.78, 5) is 11.1. The number of nitrogens with one attached hydrogen (secondary N) is 2. The molecule has 2 N–H and O–H groups in total. The zero-order valence-corrected chi connectivity index (χ0v) is 8.87. The van der Waals surface area contributed by atoms with Gasteiger partial charge in [0.1, 0.15) is 0 Å². The van der Waals surface area contributed by atoms with Crippen molar-refractivity contribution >= 4 is 5.91 Å². The molecular formula is C8H12F3N5O. The standard InChI is InChI=1S/C8H12F3N5O/c9-8(10,11)6-12-5-7(17)13-1-3-16-4-2-14-15-16/h2,4,12H,1,3,5-6H2,(H,13,17). The quantitative estimate of drug-likeness (QED) is 0.718. The van der Waals surface area contributed by atoms with E-state index in [9.17, 15) is 18.0 Å². The summed E-state index contributed by atoms with van der Waals surface area (Å²) >= 11 is 0. The molecule has 0 atom stereocenters. The average Bonchev–Trinajstić information content (AvgIpc) is 2.68. The van der Waals surface area contributed by atoms with Crippen LogP contribution in [-0.4, -0.2) is 46.7 Å². The Hall–Kier alpha value is -1.64. The first-order valence-electron chi connectivity index (χ1n) is 4.85. The fourth-order valence-electron chi connectivity index (χ4n) is 1.04. The van der Waals surface area contributed by atoms with Gasteiger partial charge in [-0.1, -0.05) is 5.21 Å². The molecule has 1 amide bonds. The summed E-state index contributed by atoms with van der Waals surface area (Å²) in [6.07, 6.45) is -1.19. The molecule has 0 spiro atoms. The summed E-state index contributed by atoms with van der Waals surface area (Å²) in [7, 11) is 0. The predicted octanol–water partition coefficient (Wildman–Crippen LogP) is -0.454. The maximum Gasteiger partial charge on any atom is 0.401 e. The third-order valence-electron chi connectivity index (χ3n) is 1.75. The number of hydrogen-bond acceptors (Lipinski definition) is 4. The molecule has 0 aromatic carbocycles. The van der Waals surface area contributed by atoms with Crippen LogP contribution in [0.4, 0.5) is 13.2 Å². The number of amides is 1. The van der Waals surface area contributed by atoms with Crippen molar-refractivity contribution in [3.8, 4) is 0 Å². The summed E-state index contributed by atoms with van der Waals surface area (Å²) in [6.45, 7) is -0.832. The molecule has 96 valence electrons.